The van der Waals surface area contributed by atoms with E-state index < -0.39 is 6.29 Å². The molecule has 0 aliphatic heterocycles. The van der Waals surface area contributed by atoms with Crippen LogP contribution < -0.4 is 0 Å². The van der Waals surface area contributed by atoms with Crippen molar-refractivity contribution in [3.63, 3.8) is 0 Å². The van der Waals surface area contributed by atoms with Gasteiger partial charge in [-0.3, -0.25) is 0 Å². The predicted octanol–water partition coefficient (Wildman–Crippen LogP) is 2.08. The zero-order valence-corrected chi connectivity index (χ0v) is 10.3. The summed E-state index contributed by atoms with van der Waals surface area (Å²) in [5.41, 5.74) is 0. The van der Waals surface area contributed by atoms with Crippen molar-refractivity contribution < 1.29 is 14.9 Å². The topological polar surface area (TPSA) is 49.7 Å². The van der Waals surface area contributed by atoms with Gasteiger partial charge in [0, 0.05) is 13.5 Å². The van der Waals surface area contributed by atoms with E-state index in [0.29, 0.717) is 12.3 Å². The molecule has 3 heteroatoms. The summed E-state index contributed by atoms with van der Waals surface area (Å²) >= 11 is 0. The molecule has 0 spiro atoms. The third-order valence-corrected chi connectivity index (χ3v) is 3.52. The van der Waals surface area contributed by atoms with Crippen molar-refractivity contribution >= 4 is 0 Å². The monoisotopic (exact) mass is 228 g/mol. The molecule has 1 fully saturated rings. The van der Waals surface area contributed by atoms with Crippen LogP contribution in [0.3, 0.4) is 0 Å². The Morgan fingerprint density at radius 1 is 1.38 bits per heavy atom. The third kappa shape index (κ3) is 3.89. The Balaban J connectivity index is 2.45. The van der Waals surface area contributed by atoms with E-state index in [0.717, 1.165) is 25.7 Å². The molecule has 0 amide bonds. The quantitative estimate of drug-likeness (QED) is 0.540. The van der Waals surface area contributed by atoms with E-state index in [1.807, 2.05) is 0 Å². The van der Waals surface area contributed by atoms with Gasteiger partial charge >= 0.3 is 0 Å². The maximum Gasteiger partial charge on any atom is 0.154 e. The van der Waals surface area contributed by atoms with Crippen LogP contribution in [0.1, 0.15) is 39.0 Å². The maximum atomic E-state index is 9.89. The van der Waals surface area contributed by atoms with Gasteiger partial charge in [-0.2, -0.15) is 0 Å². The van der Waals surface area contributed by atoms with Gasteiger partial charge in [0.25, 0.3) is 0 Å². The second-order valence-corrected chi connectivity index (χ2v) is 4.61. The highest BCUT2D eigenvalue weighted by molar-refractivity contribution is 4.92. The standard InChI is InChI=1S/C13H24O3/c1-3-4-5-6-11-10(7-8-12(11)14)9-13(15)16-2/h4-5,10-15H,3,6-9H2,1-2H3/b5-4+. The number of aliphatic hydroxyl groups excluding tert-OH is 2. The number of rotatable bonds is 6. The van der Waals surface area contributed by atoms with Gasteiger partial charge in [-0.15, -0.1) is 0 Å². The first-order chi connectivity index (χ1) is 7.69. The normalized spacial score (nSPS) is 32.4. The first-order valence-electron chi connectivity index (χ1n) is 6.23. The molecule has 0 aromatic rings. The van der Waals surface area contributed by atoms with Crippen LogP contribution in [-0.4, -0.2) is 29.7 Å². The van der Waals surface area contributed by atoms with Crippen LogP contribution in [0.4, 0.5) is 0 Å². The molecule has 3 nitrogen and oxygen atoms in total. The summed E-state index contributed by atoms with van der Waals surface area (Å²) in [7, 11) is 1.52. The molecule has 0 aromatic heterocycles. The van der Waals surface area contributed by atoms with Crippen molar-refractivity contribution in [2.24, 2.45) is 11.8 Å². The summed E-state index contributed by atoms with van der Waals surface area (Å²) in [4.78, 5) is 0. The van der Waals surface area contributed by atoms with Crippen molar-refractivity contribution in [2.75, 3.05) is 7.11 Å². The molecular weight excluding hydrogens is 204 g/mol. The van der Waals surface area contributed by atoms with Crippen molar-refractivity contribution in [1.29, 1.82) is 0 Å². The molecule has 0 heterocycles. The molecule has 94 valence electrons. The van der Waals surface area contributed by atoms with Gasteiger partial charge in [0.1, 0.15) is 0 Å². The molecule has 0 saturated heterocycles. The Morgan fingerprint density at radius 3 is 2.75 bits per heavy atom. The van der Waals surface area contributed by atoms with E-state index in [9.17, 15) is 10.2 Å². The smallest absolute Gasteiger partial charge is 0.154 e. The molecule has 1 rings (SSSR count). The van der Waals surface area contributed by atoms with E-state index in [-0.39, 0.29) is 12.0 Å². The van der Waals surface area contributed by atoms with Gasteiger partial charge in [0.15, 0.2) is 6.29 Å². The van der Waals surface area contributed by atoms with E-state index in [1.54, 1.807) is 0 Å². The van der Waals surface area contributed by atoms with Crippen LogP contribution in [0.5, 0.6) is 0 Å². The highest BCUT2D eigenvalue weighted by atomic mass is 16.6. The number of methoxy groups -OCH3 is 1. The number of hydrogen-bond donors (Lipinski definition) is 2. The predicted molar refractivity (Wildman–Crippen MR) is 63.9 cm³/mol. The average Bonchev–Trinajstić information content (AvgIpc) is 2.61. The Labute approximate surface area is 98.1 Å². The molecule has 1 aliphatic rings. The fourth-order valence-corrected chi connectivity index (χ4v) is 2.54. The van der Waals surface area contributed by atoms with E-state index >= 15 is 0 Å². The molecule has 16 heavy (non-hydrogen) atoms. The molecule has 0 bridgehead atoms. The summed E-state index contributed by atoms with van der Waals surface area (Å²) in [6.07, 6.45) is 7.81. The lowest BCUT2D eigenvalue weighted by atomic mass is 9.88. The summed E-state index contributed by atoms with van der Waals surface area (Å²) in [6.45, 7) is 2.10. The fraction of sp³-hybridized carbons (Fsp3) is 0.846. The molecule has 2 N–H and O–H groups in total. The van der Waals surface area contributed by atoms with Crippen LogP contribution in [0, 0.1) is 11.8 Å². The van der Waals surface area contributed by atoms with Crippen LogP contribution in [0.15, 0.2) is 12.2 Å². The summed E-state index contributed by atoms with van der Waals surface area (Å²) in [5, 5.41) is 19.4. The Bertz CT molecular complexity index is 215. The van der Waals surface area contributed by atoms with Gasteiger partial charge < -0.3 is 14.9 Å². The molecular formula is C13H24O3. The van der Waals surface area contributed by atoms with Gasteiger partial charge in [-0.25, -0.2) is 0 Å². The number of hydrogen-bond acceptors (Lipinski definition) is 3. The zero-order chi connectivity index (χ0) is 12.0. The van der Waals surface area contributed by atoms with Crippen LogP contribution in [0.25, 0.3) is 0 Å². The maximum absolute atomic E-state index is 9.89. The number of ether oxygens (including phenoxy) is 1. The summed E-state index contributed by atoms with van der Waals surface area (Å²) in [5.74, 6) is 0.666. The van der Waals surface area contributed by atoms with Crippen LogP contribution >= 0.6 is 0 Å². The first kappa shape index (κ1) is 13.7. The minimum atomic E-state index is -0.687. The number of aliphatic hydroxyl groups is 2. The van der Waals surface area contributed by atoms with E-state index in [4.69, 9.17) is 4.74 Å². The van der Waals surface area contributed by atoms with Gasteiger partial charge in [-0.05, 0) is 37.5 Å². The Kier molecular flexibility index (Phi) is 6.03. The Hall–Kier alpha value is -0.380. The van der Waals surface area contributed by atoms with Gasteiger partial charge in [-0.1, -0.05) is 19.1 Å². The second kappa shape index (κ2) is 7.05. The van der Waals surface area contributed by atoms with Gasteiger partial charge in [0.2, 0.25) is 0 Å². The third-order valence-electron chi connectivity index (χ3n) is 3.52. The second-order valence-electron chi connectivity index (χ2n) is 4.61. The summed E-state index contributed by atoms with van der Waals surface area (Å²) < 4.78 is 4.88. The molecule has 4 atom stereocenters. The SMILES string of the molecule is CC/C=C/CC1C(O)CCC1CC(O)OC. The van der Waals surface area contributed by atoms with Crippen LogP contribution in [0.2, 0.25) is 0 Å². The van der Waals surface area contributed by atoms with Crippen molar-refractivity contribution in [2.45, 2.75) is 51.4 Å². The van der Waals surface area contributed by atoms with Crippen molar-refractivity contribution in [1.82, 2.24) is 0 Å². The molecule has 0 radical (unpaired) electrons. The average molecular weight is 228 g/mol. The first-order valence-corrected chi connectivity index (χ1v) is 6.23. The zero-order valence-electron chi connectivity index (χ0n) is 10.3. The van der Waals surface area contributed by atoms with Crippen molar-refractivity contribution in [3.8, 4) is 0 Å². The highest BCUT2D eigenvalue weighted by Gasteiger charge is 2.34. The molecule has 0 aromatic carbocycles. The lowest BCUT2D eigenvalue weighted by molar-refractivity contribution is -0.0912. The summed E-state index contributed by atoms with van der Waals surface area (Å²) in [6, 6.07) is 0. The van der Waals surface area contributed by atoms with Crippen molar-refractivity contribution in [3.05, 3.63) is 12.2 Å². The lowest BCUT2D eigenvalue weighted by Crippen LogP contribution is -2.23. The highest BCUT2D eigenvalue weighted by Crippen LogP contribution is 2.37. The van der Waals surface area contributed by atoms with Crippen LogP contribution in [-0.2, 0) is 4.74 Å². The minimum absolute atomic E-state index is 0.212. The lowest BCUT2D eigenvalue weighted by Gasteiger charge is -2.22. The number of allylic oxidation sites excluding steroid dienone is 2. The van der Waals surface area contributed by atoms with Gasteiger partial charge in [0.05, 0.1) is 6.10 Å². The Morgan fingerprint density at radius 2 is 2.12 bits per heavy atom. The molecule has 1 aliphatic carbocycles. The fourth-order valence-electron chi connectivity index (χ4n) is 2.54. The minimum Gasteiger partial charge on any atom is -0.393 e. The molecule has 1 saturated carbocycles. The van der Waals surface area contributed by atoms with E-state index in [2.05, 4.69) is 19.1 Å². The largest absolute Gasteiger partial charge is 0.393 e. The van der Waals surface area contributed by atoms with E-state index in [1.165, 1.54) is 7.11 Å². The molecule has 4 unspecified atom stereocenters.